The highest BCUT2D eigenvalue weighted by molar-refractivity contribution is 6.69. The fourth-order valence-corrected chi connectivity index (χ4v) is 4.15. The van der Waals surface area contributed by atoms with Gasteiger partial charge in [0.1, 0.15) is 0 Å². The monoisotopic (exact) mass is 427 g/mol. The van der Waals surface area contributed by atoms with Gasteiger partial charge in [-0.25, -0.2) is 4.99 Å². The van der Waals surface area contributed by atoms with Crippen LogP contribution in [-0.2, 0) is 4.79 Å². The molecule has 6 heteroatoms. The Morgan fingerprint density at radius 2 is 1.48 bits per heavy atom. The number of ketones is 1. The minimum absolute atomic E-state index is 0.0779. The number of alkyl halides is 3. The topological polar surface area (TPSA) is 46.5 Å². The third-order valence-electron chi connectivity index (χ3n) is 4.68. The minimum atomic E-state index is -1.87. The van der Waals surface area contributed by atoms with Crippen LogP contribution in [0.3, 0.4) is 0 Å². The highest BCUT2D eigenvalue weighted by atomic mass is 35.5. The zero-order valence-corrected chi connectivity index (χ0v) is 18.6. The molecule has 0 radical (unpaired) electrons. The van der Waals surface area contributed by atoms with E-state index in [4.69, 9.17) is 34.8 Å². The summed E-state index contributed by atoms with van der Waals surface area (Å²) in [5.41, 5.74) is -0.412. The van der Waals surface area contributed by atoms with Gasteiger partial charge in [0.15, 0.2) is 15.0 Å². The van der Waals surface area contributed by atoms with Gasteiger partial charge < -0.3 is 0 Å². The van der Waals surface area contributed by atoms with E-state index in [1.54, 1.807) is 51.1 Å². The molecule has 146 valence electrons. The Balaban J connectivity index is 2.75. The minimum Gasteiger partial charge on any atom is -0.292 e. The maximum Gasteiger partial charge on any atom is 0.277 e. The second kappa shape index (κ2) is 7.02. The highest BCUT2D eigenvalue weighted by Crippen LogP contribution is 2.56. The molecule has 27 heavy (non-hydrogen) atoms. The number of allylic oxidation sites excluding steroid dienone is 2. The van der Waals surface area contributed by atoms with E-state index in [0.717, 1.165) is 0 Å². The van der Waals surface area contributed by atoms with Gasteiger partial charge in [-0.15, -0.1) is 11.6 Å². The summed E-state index contributed by atoms with van der Waals surface area (Å²) in [5.74, 6) is -0.844. The molecule has 2 rings (SSSR count). The van der Waals surface area contributed by atoms with E-state index >= 15 is 0 Å². The molecule has 0 saturated heterocycles. The van der Waals surface area contributed by atoms with Gasteiger partial charge in [0, 0.05) is 11.1 Å². The van der Waals surface area contributed by atoms with Gasteiger partial charge in [0.05, 0.1) is 5.71 Å². The molecule has 1 amide bonds. The Kier molecular flexibility index (Phi) is 5.76. The Morgan fingerprint density at radius 3 is 1.93 bits per heavy atom. The molecule has 1 aliphatic rings. The molecule has 0 spiro atoms. The molecular weight excluding hydrogens is 405 g/mol. The number of halogens is 3. The Hall–Kier alpha value is -1.16. The fraction of sp³-hybridized carbons (Fsp3) is 0.476. The van der Waals surface area contributed by atoms with Crippen molar-refractivity contribution in [3.8, 4) is 0 Å². The van der Waals surface area contributed by atoms with Gasteiger partial charge in [-0.3, -0.25) is 9.59 Å². The van der Waals surface area contributed by atoms with Gasteiger partial charge in [-0.05, 0) is 29.0 Å². The zero-order chi connectivity index (χ0) is 20.8. The summed E-state index contributed by atoms with van der Waals surface area (Å²) in [5, 5.41) is 0. The standard InChI is InChI=1S/C21H24Cl3NO2/c1-18(2,3)14-12-15(25-17(27)13-10-8-7-9-11-13)21(23,24)20(22,16(14)26)19(4,5)6/h7-12H,1-6H3/t20-/m0/s1. The summed E-state index contributed by atoms with van der Waals surface area (Å²) in [6.07, 6.45) is 1.51. The Morgan fingerprint density at radius 1 is 0.963 bits per heavy atom. The van der Waals surface area contributed by atoms with E-state index in [9.17, 15) is 9.59 Å². The van der Waals surface area contributed by atoms with Crippen LogP contribution in [0.5, 0.6) is 0 Å². The van der Waals surface area contributed by atoms with E-state index in [-0.39, 0.29) is 11.5 Å². The summed E-state index contributed by atoms with van der Waals surface area (Å²) in [4.78, 5) is 28.5. The lowest BCUT2D eigenvalue weighted by atomic mass is 9.65. The predicted molar refractivity (Wildman–Crippen MR) is 113 cm³/mol. The molecule has 0 bridgehead atoms. The Labute approximate surface area is 175 Å². The van der Waals surface area contributed by atoms with Crippen LogP contribution in [0.2, 0.25) is 0 Å². The first-order valence-electron chi connectivity index (χ1n) is 8.66. The molecule has 3 nitrogen and oxygen atoms in total. The first-order valence-corrected chi connectivity index (χ1v) is 9.79. The number of aliphatic imine (C=N–C) groups is 1. The van der Waals surface area contributed by atoms with E-state index in [1.807, 2.05) is 20.8 Å². The normalized spacial score (nSPS) is 24.7. The second-order valence-electron chi connectivity index (χ2n) is 8.79. The van der Waals surface area contributed by atoms with Crippen molar-refractivity contribution in [1.82, 2.24) is 0 Å². The largest absolute Gasteiger partial charge is 0.292 e. The van der Waals surface area contributed by atoms with Gasteiger partial charge in [0.25, 0.3) is 5.91 Å². The number of nitrogens with zero attached hydrogens (tertiary/aromatic N) is 1. The van der Waals surface area contributed by atoms with Gasteiger partial charge in [-0.2, -0.15) is 0 Å². The first kappa shape index (κ1) is 22.1. The molecule has 0 aliphatic heterocycles. The number of rotatable bonds is 1. The van der Waals surface area contributed by atoms with Crippen molar-refractivity contribution in [3.63, 3.8) is 0 Å². The fourth-order valence-electron chi connectivity index (χ4n) is 3.02. The number of Topliss-reactive ketones (excluding diaryl/α,β-unsaturated/α-hetero) is 1. The van der Waals surface area contributed by atoms with Crippen molar-refractivity contribution in [2.45, 2.75) is 50.7 Å². The van der Waals surface area contributed by atoms with E-state index in [1.165, 1.54) is 6.08 Å². The van der Waals surface area contributed by atoms with Crippen LogP contribution in [0.25, 0.3) is 0 Å². The number of amides is 1. The van der Waals surface area contributed by atoms with Crippen molar-refractivity contribution >= 4 is 52.2 Å². The molecule has 0 heterocycles. The van der Waals surface area contributed by atoms with E-state index in [0.29, 0.717) is 11.1 Å². The number of carbonyl (C=O) groups excluding carboxylic acids is 2. The number of carbonyl (C=O) groups is 2. The SMILES string of the molecule is CC(C)(C)C1=CC(=NC(=O)c2ccccc2)C(Cl)(Cl)[C@@](Cl)(C(C)(C)C)C1=O. The molecule has 0 fully saturated rings. The van der Waals surface area contributed by atoms with Crippen molar-refractivity contribution < 1.29 is 9.59 Å². The molecule has 0 aromatic heterocycles. The van der Waals surface area contributed by atoms with Gasteiger partial charge >= 0.3 is 0 Å². The molecule has 0 saturated carbocycles. The third-order valence-corrected chi connectivity index (χ3v) is 6.85. The molecule has 0 N–H and O–H groups in total. The summed E-state index contributed by atoms with van der Waals surface area (Å²) >= 11 is 20.2. The lowest BCUT2D eigenvalue weighted by molar-refractivity contribution is -0.121. The summed E-state index contributed by atoms with van der Waals surface area (Å²) in [6.45, 7) is 11.0. The second-order valence-corrected chi connectivity index (χ2v) is 10.7. The number of hydrogen-bond acceptors (Lipinski definition) is 2. The van der Waals surface area contributed by atoms with Crippen molar-refractivity contribution in [2.75, 3.05) is 0 Å². The Bertz CT molecular complexity index is 827. The molecule has 1 aliphatic carbocycles. The lowest BCUT2D eigenvalue weighted by Crippen LogP contribution is -2.63. The maximum absolute atomic E-state index is 13.3. The average molecular weight is 429 g/mol. The van der Waals surface area contributed by atoms with Gasteiger partial charge in [0.2, 0.25) is 0 Å². The van der Waals surface area contributed by atoms with E-state index in [2.05, 4.69) is 4.99 Å². The summed E-state index contributed by atoms with van der Waals surface area (Å²) in [7, 11) is 0. The van der Waals surface area contributed by atoms with Crippen LogP contribution in [-0.4, -0.2) is 26.6 Å². The molecule has 1 atom stereocenters. The molecular formula is C21H24Cl3NO2. The molecule has 1 aromatic rings. The first-order chi connectivity index (χ1) is 12.1. The van der Waals surface area contributed by atoms with Crippen LogP contribution in [0.15, 0.2) is 47.0 Å². The smallest absolute Gasteiger partial charge is 0.277 e. The van der Waals surface area contributed by atoms with Gasteiger partial charge in [-0.1, -0.05) is 82.9 Å². The number of benzene rings is 1. The average Bonchev–Trinajstić information content (AvgIpc) is 2.54. The zero-order valence-electron chi connectivity index (χ0n) is 16.4. The molecule has 1 aromatic carbocycles. The highest BCUT2D eigenvalue weighted by Gasteiger charge is 2.66. The maximum atomic E-state index is 13.3. The van der Waals surface area contributed by atoms with Crippen LogP contribution >= 0.6 is 34.8 Å². The quantitative estimate of drug-likeness (QED) is 0.513. The van der Waals surface area contributed by atoms with Crippen molar-refractivity contribution in [3.05, 3.63) is 47.5 Å². The third kappa shape index (κ3) is 3.74. The van der Waals surface area contributed by atoms with Crippen molar-refractivity contribution in [1.29, 1.82) is 0 Å². The van der Waals surface area contributed by atoms with Crippen LogP contribution in [0.1, 0.15) is 51.9 Å². The molecule has 0 unspecified atom stereocenters. The summed E-state index contributed by atoms with van der Waals surface area (Å²) < 4.78 is -1.87. The van der Waals surface area contributed by atoms with Crippen LogP contribution in [0, 0.1) is 10.8 Å². The van der Waals surface area contributed by atoms with Crippen LogP contribution in [0.4, 0.5) is 0 Å². The summed E-state index contributed by atoms with van der Waals surface area (Å²) in [6, 6.07) is 8.58. The van der Waals surface area contributed by atoms with E-state index < -0.39 is 25.9 Å². The predicted octanol–water partition coefficient (Wildman–Crippen LogP) is 6.02. The number of hydrogen-bond donors (Lipinski definition) is 0. The lowest BCUT2D eigenvalue weighted by Gasteiger charge is -2.49. The van der Waals surface area contributed by atoms with Crippen LogP contribution < -0.4 is 0 Å². The van der Waals surface area contributed by atoms with Crippen molar-refractivity contribution in [2.24, 2.45) is 15.8 Å².